The molecule has 8 nitrogen and oxygen atoms in total. The van der Waals surface area contributed by atoms with Gasteiger partial charge in [0.15, 0.2) is 0 Å². The number of benzene rings is 2. The molecule has 1 atom stereocenters. The fourth-order valence-electron chi connectivity index (χ4n) is 3.68. The highest BCUT2D eigenvalue weighted by atomic mass is 16.5. The predicted octanol–water partition coefficient (Wildman–Crippen LogP) is 2.96. The van der Waals surface area contributed by atoms with Crippen LogP contribution < -0.4 is 20.3 Å². The van der Waals surface area contributed by atoms with Crippen LogP contribution >= 0.6 is 0 Å². The Morgan fingerprint density at radius 3 is 2.26 bits per heavy atom. The first-order valence-electron chi connectivity index (χ1n) is 10.2. The first kappa shape index (κ1) is 22.1. The lowest BCUT2D eigenvalue weighted by Gasteiger charge is -2.37. The molecule has 1 aliphatic rings. The summed E-state index contributed by atoms with van der Waals surface area (Å²) in [5, 5.41) is 5.33. The van der Waals surface area contributed by atoms with Gasteiger partial charge in [0.1, 0.15) is 11.9 Å². The Morgan fingerprint density at radius 2 is 1.68 bits per heavy atom. The van der Waals surface area contributed by atoms with E-state index in [1.54, 1.807) is 30.1 Å². The predicted molar refractivity (Wildman–Crippen MR) is 121 cm³/mol. The molecule has 0 aliphatic carbocycles. The number of likely N-dealkylation sites (N-methyl/N-ethyl adjacent to an activating group) is 2. The van der Waals surface area contributed by atoms with Crippen molar-refractivity contribution in [2.75, 3.05) is 42.2 Å². The van der Waals surface area contributed by atoms with Crippen molar-refractivity contribution in [2.24, 2.45) is 0 Å². The number of rotatable bonds is 6. The molecule has 2 N–H and O–H groups in total. The number of carbonyl (C=O) groups excluding carboxylic acids is 3. The summed E-state index contributed by atoms with van der Waals surface area (Å²) in [7, 11) is 1.71. The fraction of sp³-hybridized carbons (Fsp3) is 0.348. The Morgan fingerprint density at radius 1 is 1.06 bits per heavy atom. The van der Waals surface area contributed by atoms with Crippen LogP contribution in [-0.2, 0) is 9.59 Å². The van der Waals surface area contributed by atoms with Crippen LogP contribution in [0.25, 0.3) is 0 Å². The Bertz CT molecular complexity index is 957. The number of para-hydroxylation sites is 2. The highest BCUT2D eigenvalue weighted by molar-refractivity contribution is 5.99. The van der Waals surface area contributed by atoms with Gasteiger partial charge in [-0.05, 0) is 37.3 Å². The Hall–Kier alpha value is -3.55. The van der Waals surface area contributed by atoms with Gasteiger partial charge < -0.3 is 25.2 Å². The van der Waals surface area contributed by atoms with Gasteiger partial charge in [-0.1, -0.05) is 12.1 Å². The van der Waals surface area contributed by atoms with Crippen LogP contribution in [0.3, 0.4) is 0 Å². The number of hydrogen-bond donors (Lipinski definition) is 2. The van der Waals surface area contributed by atoms with E-state index < -0.39 is 0 Å². The lowest BCUT2D eigenvalue weighted by Crippen LogP contribution is -2.46. The number of nitrogens with zero attached hydrogens (tertiary/aromatic N) is 2. The molecule has 0 saturated heterocycles. The van der Waals surface area contributed by atoms with Crippen molar-refractivity contribution in [3.8, 4) is 5.75 Å². The van der Waals surface area contributed by atoms with Crippen LogP contribution in [0, 0.1) is 0 Å². The Labute approximate surface area is 182 Å². The smallest absolute Gasteiger partial charge is 0.253 e. The first-order valence-corrected chi connectivity index (χ1v) is 10.2. The van der Waals surface area contributed by atoms with E-state index in [2.05, 4.69) is 22.5 Å². The van der Waals surface area contributed by atoms with Gasteiger partial charge in [0, 0.05) is 44.4 Å². The molecule has 0 aromatic heterocycles. The maximum atomic E-state index is 13.1. The molecule has 1 heterocycles. The van der Waals surface area contributed by atoms with Gasteiger partial charge >= 0.3 is 0 Å². The number of anilines is 3. The van der Waals surface area contributed by atoms with Crippen molar-refractivity contribution in [3.63, 3.8) is 0 Å². The topological polar surface area (TPSA) is 91.0 Å². The average molecular weight is 425 g/mol. The zero-order valence-electron chi connectivity index (χ0n) is 18.3. The number of hydrogen-bond acceptors (Lipinski definition) is 5. The summed E-state index contributed by atoms with van der Waals surface area (Å²) in [6.07, 6.45) is -0.183. The maximum absolute atomic E-state index is 13.1. The van der Waals surface area contributed by atoms with E-state index in [0.717, 1.165) is 18.0 Å². The summed E-state index contributed by atoms with van der Waals surface area (Å²) < 4.78 is 6.12. The van der Waals surface area contributed by atoms with Gasteiger partial charge in [0.2, 0.25) is 11.8 Å². The lowest BCUT2D eigenvalue weighted by atomic mass is 10.1. The molecule has 3 rings (SSSR count). The molecule has 0 radical (unpaired) electrons. The average Bonchev–Trinajstić information content (AvgIpc) is 2.71. The summed E-state index contributed by atoms with van der Waals surface area (Å²) in [6.45, 7) is 6.77. The number of ether oxygens (including phenoxy) is 1. The van der Waals surface area contributed by atoms with E-state index in [1.807, 2.05) is 24.3 Å². The van der Waals surface area contributed by atoms with E-state index in [4.69, 9.17) is 4.74 Å². The standard InChI is InChI=1S/C23H28N4O4/c1-5-27-14-20(31-22-9-7-6-8-21(22)27)13-26(4)23(30)17-10-18(24-15(2)28)12-19(11-17)25-16(3)29/h6-12,20H,5,13-14H2,1-4H3,(H,24,28)(H,25,29). The quantitative estimate of drug-likeness (QED) is 0.744. The second-order valence-electron chi connectivity index (χ2n) is 7.59. The number of fused-ring (bicyclic) bond motifs is 1. The van der Waals surface area contributed by atoms with Gasteiger partial charge in [-0.15, -0.1) is 0 Å². The molecule has 0 saturated carbocycles. The number of carbonyl (C=O) groups is 3. The van der Waals surface area contributed by atoms with Gasteiger partial charge in [-0.2, -0.15) is 0 Å². The molecule has 8 heteroatoms. The minimum Gasteiger partial charge on any atom is -0.485 e. The second-order valence-corrected chi connectivity index (χ2v) is 7.59. The highest BCUT2D eigenvalue weighted by Crippen LogP contribution is 2.33. The van der Waals surface area contributed by atoms with Crippen LogP contribution in [-0.4, -0.2) is 55.4 Å². The molecule has 3 amide bonds. The highest BCUT2D eigenvalue weighted by Gasteiger charge is 2.27. The van der Waals surface area contributed by atoms with E-state index in [9.17, 15) is 14.4 Å². The lowest BCUT2D eigenvalue weighted by molar-refractivity contribution is -0.115. The second kappa shape index (κ2) is 9.51. The monoisotopic (exact) mass is 424 g/mol. The minimum atomic E-state index is -0.263. The molecule has 1 aliphatic heterocycles. The van der Waals surface area contributed by atoms with Crippen LogP contribution in [0.4, 0.5) is 17.1 Å². The zero-order valence-corrected chi connectivity index (χ0v) is 18.3. The molecule has 2 aromatic carbocycles. The summed E-state index contributed by atoms with van der Waals surface area (Å²) in [4.78, 5) is 39.9. The van der Waals surface area contributed by atoms with Gasteiger partial charge in [-0.3, -0.25) is 14.4 Å². The molecule has 0 fully saturated rings. The summed E-state index contributed by atoms with van der Waals surface area (Å²) >= 11 is 0. The Kier molecular flexibility index (Phi) is 6.79. The van der Waals surface area contributed by atoms with Crippen molar-refractivity contribution in [1.29, 1.82) is 0 Å². The molecular formula is C23H28N4O4. The van der Waals surface area contributed by atoms with Crippen molar-refractivity contribution < 1.29 is 19.1 Å². The summed E-state index contributed by atoms with van der Waals surface area (Å²) in [5.41, 5.74) is 2.30. The third kappa shape index (κ3) is 5.53. The molecule has 164 valence electrons. The number of nitrogens with one attached hydrogen (secondary N) is 2. The molecule has 0 spiro atoms. The van der Waals surface area contributed by atoms with E-state index in [-0.39, 0.29) is 23.8 Å². The van der Waals surface area contributed by atoms with Gasteiger partial charge in [0.25, 0.3) is 5.91 Å². The molecule has 31 heavy (non-hydrogen) atoms. The Balaban J connectivity index is 1.78. The zero-order chi connectivity index (χ0) is 22.5. The van der Waals surface area contributed by atoms with Crippen LogP contribution in [0.5, 0.6) is 5.75 Å². The van der Waals surface area contributed by atoms with Gasteiger partial charge in [-0.25, -0.2) is 0 Å². The number of amides is 3. The van der Waals surface area contributed by atoms with Crippen LogP contribution in [0.1, 0.15) is 31.1 Å². The molecule has 1 unspecified atom stereocenters. The van der Waals surface area contributed by atoms with Gasteiger partial charge in [0.05, 0.1) is 18.8 Å². The normalized spacial score (nSPS) is 14.8. The van der Waals surface area contributed by atoms with Crippen molar-refractivity contribution >= 4 is 34.8 Å². The maximum Gasteiger partial charge on any atom is 0.253 e. The SMILES string of the molecule is CCN1CC(CN(C)C(=O)c2cc(NC(C)=O)cc(NC(C)=O)c2)Oc2ccccc21. The van der Waals surface area contributed by atoms with Crippen LogP contribution in [0.15, 0.2) is 42.5 Å². The van der Waals surface area contributed by atoms with E-state index in [1.165, 1.54) is 13.8 Å². The third-order valence-electron chi connectivity index (χ3n) is 4.95. The van der Waals surface area contributed by atoms with E-state index in [0.29, 0.717) is 30.0 Å². The van der Waals surface area contributed by atoms with Crippen molar-refractivity contribution in [1.82, 2.24) is 4.90 Å². The molecular weight excluding hydrogens is 396 g/mol. The first-order chi connectivity index (χ1) is 14.8. The summed E-state index contributed by atoms with van der Waals surface area (Å²) in [6, 6.07) is 12.7. The van der Waals surface area contributed by atoms with Crippen molar-refractivity contribution in [3.05, 3.63) is 48.0 Å². The fourth-order valence-corrected chi connectivity index (χ4v) is 3.68. The summed E-state index contributed by atoms with van der Waals surface area (Å²) in [5.74, 6) is 0.0488. The van der Waals surface area contributed by atoms with Crippen molar-refractivity contribution in [2.45, 2.75) is 26.9 Å². The van der Waals surface area contributed by atoms with E-state index >= 15 is 0 Å². The third-order valence-corrected chi connectivity index (χ3v) is 4.95. The molecule has 0 bridgehead atoms. The van der Waals surface area contributed by atoms with Crippen LogP contribution in [0.2, 0.25) is 0 Å². The largest absolute Gasteiger partial charge is 0.485 e. The minimum absolute atomic E-state index is 0.183. The molecule has 2 aromatic rings.